The van der Waals surface area contributed by atoms with Crippen LogP contribution in [0.3, 0.4) is 0 Å². The molecule has 6 heteroatoms. The molecule has 0 saturated carbocycles. The van der Waals surface area contributed by atoms with Gasteiger partial charge in [0.15, 0.2) is 12.9 Å². The van der Waals surface area contributed by atoms with Crippen LogP contribution in [0.25, 0.3) is 0 Å². The first kappa shape index (κ1) is 13.0. The van der Waals surface area contributed by atoms with Gasteiger partial charge in [-0.3, -0.25) is 8.75 Å². The Hall–Kier alpha value is 0.01000. The van der Waals surface area contributed by atoms with E-state index in [9.17, 15) is 13.0 Å². The van der Waals surface area contributed by atoms with E-state index < -0.39 is 23.1 Å². The van der Waals surface area contributed by atoms with Gasteiger partial charge in [0.05, 0.1) is 6.61 Å². The molecule has 0 amide bonds. The quantitative estimate of drug-likeness (QED) is 0.514. The second-order valence-electron chi connectivity index (χ2n) is 2.61. The smallest absolute Gasteiger partial charge is 0.273 e. The lowest BCUT2D eigenvalue weighted by Gasteiger charge is -2.22. The zero-order valence-electron chi connectivity index (χ0n) is 8.11. The van der Waals surface area contributed by atoms with Gasteiger partial charge in [-0.1, -0.05) is 13.8 Å². The zero-order chi connectivity index (χ0) is 10.5. The van der Waals surface area contributed by atoms with Crippen molar-refractivity contribution >= 4 is 18.6 Å². The van der Waals surface area contributed by atoms with Crippen molar-refractivity contribution in [2.75, 3.05) is 6.61 Å². The average molecular weight is 226 g/mol. The van der Waals surface area contributed by atoms with E-state index in [2.05, 4.69) is 4.18 Å². The maximum atomic E-state index is 11.5. The molecule has 0 aromatic heterocycles. The molecule has 0 rings (SSSR count). The molecule has 78 valence electrons. The third kappa shape index (κ3) is 2.48. The van der Waals surface area contributed by atoms with Crippen molar-refractivity contribution in [1.82, 2.24) is 0 Å². The Morgan fingerprint density at radius 1 is 1.23 bits per heavy atom. The van der Waals surface area contributed by atoms with E-state index in [0.29, 0.717) is 0 Å². The molecule has 0 bridgehead atoms. The maximum Gasteiger partial charge on any atom is 0.284 e. The second kappa shape index (κ2) is 5.03. The first-order valence-electron chi connectivity index (χ1n) is 4.23. The van der Waals surface area contributed by atoms with Gasteiger partial charge in [-0.15, -0.1) is 0 Å². The van der Waals surface area contributed by atoms with Gasteiger partial charge in [0.2, 0.25) is 0 Å². The molecule has 0 saturated heterocycles. The summed E-state index contributed by atoms with van der Waals surface area (Å²) in [6.07, 6.45) is 0.577. The highest BCUT2D eigenvalue weighted by Gasteiger charge is 2.42. The Kier molecular flexibility index (Phi) is 5.04. The van der Waals surface area contributed by atoms with Crippen LogP contribution in [0.15, 0.2) is 0 Å². The van der Waals surface area contributed by atoms with E-state index in [-0.39, 0.29) is 19.4 Å². The Balaban J connectivity index is 5.04. The molecule has 4 nitrogen and oxygen atoms in total. The summed E-state index contributed by atoms with van der Waals surface area (Å²) in [6.45, 7) is 5.05. The third-order valence-electron chi connectivity index (χ3n) is 2.01. The van der Waals surface area contributed by atoms with E-state index in [1.165, 1.54) is 0 Å². The van der Waals surface area contributed by atoms with Crippen LogP contribution in [0.5, 0.6) is 0 Å². The highest BCUT2D eigenvalue weighted by Crippen LogP contribution is 2.37. The van der Waals surface area contributed by atoms with Gasteiger partial charge in [-0.05, 0) is 19.8 Å². The molecule has 0 N–H and O–H groups in total. The topological polar surface area (TPSA) is 60.4 Å². The summed E-state index contributed by atoms with van der Waals surface area (Å²) in [6, 6.07) is 0. The van der Waals surface area contributed by atoms with Crippen LogP contribution in [0.4, 0.5) is 0 Å². The van der Waals surface area contributed by atoms with Crippen molar-refractivity contribution < 1.29 is 17.2 Å². The second-order valence-corrected chi connectivity index (χ2v) is 5.87. The van der Waals surface area contributed by atoms with Crippen LogP contribution in [-0.4, -0.2) is 19.5 Å². The molecule has 0 spiro atoms. The van der Waals surface area contributed by atoms with Gasteiger partial charge >= 0.3 is 0 Å². The van der Waals surface area contributed by atoms with Crippen molar-refractivity contribution in [1.29, 1.82) is 0 Å². The number of hydrogen-bond acceptors (Lipinski definition) is 4. The minimum absolute atomic E-state index is 0.0829. The lowest BCUT2D eigenvalue weighted by atomic mass is 10.2. The highest BCUT2D eigenvalue weighted by atomic mass is 32.2. The van der Waals surface area contributed by atoms with E-state index in [4.69, 9.17) is 0 Å². The molecule has 0 aliphatic heterocycles. The van der Waals surface area contributed by atoms with Crippen molar-refractivity contribution in [2.24, 2.45) is 0 Å². The minimum Gasteiger partial charge on any atom is -0.273 e. The van der Waals surface area contributed by atoms with Crippen LogP contribution < -0.4 is 0 Å². The molecule has 0 fully saturated rings. The average Bonchev–Trinajstić information content (AvgIpc) is 2.07. The lowest BCUT2D eigenvalue weighted by molar-refractivity contribution is 0.323. The van der Waals surface area contributed by atoms with Gasteiger partial charge in [0.1, 0.15) is 0 Å². The SMILES string of the molecule is CCOS(=O)(=O)C(CC)(CC)P=O. The fourth-order valence-electron chi connectivity index (χ4n) is 1.04. The fraction of sp³-hybridized carbons (Fsp3) is 1.00. The summed E-state index contributed by atoms with van der Waals surface area (Å²) >= 11 is 0. The van der Waals surface area contributed by atoms with Crippen LogP contribution >= 0.6 is 8.46 Å². The van der Waals surface area contributed by atoms with Gasteiger partial charge in [-0.2, -0.15) is 8.42 Å². The number of hydrogen-bond donors (Lipinski definition) is 0. The molecular formula is C7H15O4PS. The van der Waals surface area contributed by atoms with Crippen molar-refractivity contribution in [3.05, 3.63) is 0 Å². The molecule has 0 aliphatic carbocycles. The fourth-order valence-corrected chi connectivity index (χ4v) is 3.06. The molecule has 13 heavy (non-hydrogen) atoms. The van der Waals surface area contributed by atoms with Crippen molar-refractivity contribution in [3.8, 4) is 0 Å². The van der Waals surface area contributed by atoms with Crippen molar-refractivity contribution in [2.45, 2.75) is 38.1 Å². The summed E-state index contributed by atoms with van der Waals surface area (Å²) in [5.74, 6) is 0. The predicted molar refractivity (Wildman–Crippen MR) is 51.5 cm³/mol. The predicted octanol–water partition coefficient (Wildman–Crippen LogP) is 2.16. The van der Waals surface area contributed by atoms with Crippen LogP contribution in [0.1, 0.15) is 33.6 Å². The third-order valence-corrected chi connectivity index (χ3v) is 5.92. The molecule has 0 unspecified atom stereocenters. The summed E-state index contributed by atoms with van der Waals surface area (Å²) in [5.41, 5.74) is 0. The molecular weight excluding hydrogens is 211 g/mol. The Morgan fingerprint density at radius 2 is 1.69 bits per heavy atom. The van der Waals surface area contributed by atoms with Crippen molar-refractivity contribution in [3.63, 3.8) is 0 Å². The van der Waals surface area contributed by atoms with Gasteiger partial charge in [-0.25, -0.2) is 0 Å². The lowest BCUT2D eigenvalue weighted by Crippen LogP contribution is -2.33. The van der Waals surface area contributed by atoms with E-state index in [1.807, 2.05) is 0 Å². The molecule has 0 aromatic rings. The summed E-state index contributed by atoms with van der Waals surface area (Å²) in [7, 11) is -4.10. The van der Waals surface area contributed by atoms with Crippen LogP contribution in [0, 0.1) is 0 Å². The zero-order valence-corrected chi connectivity index (χ0v) is 9.82. The largest absolute Gasteiger partial charge is 0.284 e. The molecule has 0 aromatic carbocycles. The Morgan fingerprint density at radius 3 is 1.92 bits per heavy atom. The summed E-state index contributed by atoms with van der Waals surface area (Å²) < 4.78 is 37.3. The minimum atomic E-state index is -3.71. The first-order valence-corrected chi connectivity index (χ1v) is 6.45. The van der Waals surface area contributed by atoms with Crippen LogP contribution in [-0.2, 0) is 18.9 Å². The normalized spacial score (nSPS) is 13.5. The monoisotopic (exact) mass is 226 g/mol. The molecule has 0 heterocycles. The molecule has 0 atom stereocenters. The van der Waals surface area contributed by atoms with E-state index in [0.717, 1.165) is 0 Å². The van der Waals surface area contributed by atoms with Gasteiger partial charge in [0, 0.05) is 0 Å². The van der Waals surface area contributed by atoms with E-state index >= 15 is 0 Å². The van der Waals surface area contributed by atoms with E-state index in [1.54, 1.807) is 20.8 Å². The maximum absolute atomic E-state index is 11.5. The molecule has 0 aliphatic rings. The van der Waals surface area contributed by atoms with Crippen LogP contribution in [0.2, 0.25) is 0 Å². The summed E-state index contributed by atoms with van der Waals surface area (Å²) in [5, 5.41) is 0. The summed E-state index contributed by atoms with van der Waals surface area (Å²) in [4.78, 5) is 0. The Bertz CT molecular complexity index is 256. The number of rotatable bonds is 6. The molecule has 0 radical (unpaired) electrons. The highest BCUT2D eigenvalue weighted by molar-refractivity contribution is 7.92. The first-order chi connectivity index (χ1) is 5.99. The standard InChI is InChI=1S/C7H15O4PS/c1-4-7(5-2,12-8)13(9,10)11-6-3/h4-6H2,1-3H3. The Labute approximate surface area is 81.0 Å². The van der Waals surface area contributed by atoms with Gasteiger partial charge in [0.25, 0.3) is 10.1 Å². The van der Waals surface area contributed by atoms with Gasteiger partial charge < -0.3 is 0 Å².